The molecule has 4 nitrogen and oxygen atoms in total. The lowest BCUT2D eigenvalue weighted by Gasteiger charge is -2.10. The predicted molar refractivity (Wildman–Crippen MR) is 129 cm³/mol. The minimum absolute atomic E-state index is 0.140. The van der Waals surface area contributed by atoms with Crippen LogP contribution in [-0.2, 0) is 4.79 Å². The summed E-state index contributed by atoms with van der Waals surface area (Å²) < 4.78 is 5.32. The molecule has 2 heterocycles. The van der Waals surface area contributed by atoms with Gasteiger partial charge >= 0.3 is 0 Å². The van der Waals surface area contributed by atoms with E-state index in [-0.39, 0.29) is 5.78 Å². The van der Waals surface area contributed by atoms with Crippen molar-refractivity contribution in [1.82, 2.24) is 0 Å². The first kappa shape index (κ1) is 19.5. The van der Waals surface area contributed by atoms with Gasteiger partial charge in [-0.3, -0.25) is 4.79 Å². The number of nitrogens with zero attached hydrogens (tertiary/aromatic N) is 2. The minimum atomic E-state index is 0.140. The molecule has 1 aliphatic rings. The molecule has 0 saturated carbocycles. The molecule has 4 aromatic rings. The van der Waals surface area contributed by atoms with Gasteiger partial charge in [0.2, 0.25) is 0 Å². The average molecular weight is 425 g/mol. The number of hydrogen-bond donors (Lipinski definition) is 0. The normalized spacial score (nSPS) is 13.3. The topological polar surface area (TPSA) is 54.9 Å². The molecular formula is C26H20N2O2S. The van der Waals surface area contributed by atoms with E-state index in [2.05, 4.69) is 70.9 Å². The second-order valence-corrected chi connectivity index (χ2v) is 8.63. The van der Waals surface area contributed by atoms with Crippen molar-refractivity contribution in [3.63, 3.8) is 0 Å². The van der Waals surface area contributed by atoms with Crippen LogP contribution in [0.5, 0.6) is 0 Å². The number of benzene rings is 3. The number of hydrogen-bond acceptors (Lipinski definition) is 5. The first-order valence-corrected chi connectivity index (χ1v) is 11.1. The maximum atomic E-state index is 11.3. The lowest BCUT2D eigenvalue weighted by molar-refractivity contribution is -0.114. The Morgan fingerprint density at radius 3 is 2.42 bits per heavy atom. The molecule has 0 N–H and O–H groups in total. The van der Waals surface area contributed by atoms with Crippen molar-refractivity contribution in [2.45, 2.75) is 13.3 Å². The monoisotopic (exact) mass is 424 g/mol. The second-order valence-electron chi connectivity index (χ2n) is 7.58. The first-order valence-electron chi connectivity index (χ1n) is 10.1. The van der Waals surface area contributed by atoms with Gasteiger partial charge in [0.25, 0.3) is 0 Å². The van der Waals surface area contributed by atoms with Gasteiger partial charge in [0, 0.05) is 12.0 Å². The smallest absolute Gasteiger partial charge is 0.140 e. The molecular weight excluding hydrogens is 404 g/mol. The Morgan fingerprint density at radius 2 is 1.65 bits per heavy atom. The van der Waals surface area contributed by atoms with Gasteiger partial charge in [-0.05, 0) is 70.3 Å². The number of rotatable bonds is 5. The molecule has 5 rings (SSSR count). The summed E-state index contributed by atoms with van der Waals surface area (Å²) in [7, 11) is 0. The van der Waals surface area contributed by atoms with Crippen LogP contribution in [0.1, 0.15) is 18.9 Å². The van der Waals surface area contributed by atoms with Gasteiger partial charge in [-0.2, -0.15) is 5.10 Å². The lowest BCUT2D eigenvalue weighted by atomic mass is 9.94. The Bertz CT molecular complexity index is 1340. The highest BCUT2D eigenvalue weighted by atomic mass is 32.2. The first-order chi connectivity index (χ1) is 15.2. The van der Waals surface area contributed by atoms with Crippen molar-refractivity contribution >= 4 is 39.1 Å². The molecule has 0 saturated heterocycles. The fourth-order valence-corrected chi connectivity index (χ4v) is 4.39. The van der Waals surface area contributed by atoms with Gasteiger partial charge in [-0.15, -0.1) is 16.9 Å². The van der Waals surface area contributed by atoms with Crippen molar-refractivity contribution in [3.05, 3.63) is 84.8 Å². The van der Waals surface area contributed by atoms with Crippen molar-refractivity contribution in [2.75, 3.05) is 5.75 Å². The minimum Gasteiger partial charge on any atom is -0.472 e. The maximum absolute atomic E-state index is 11.3. The SMILES string of the molecule is CC(=O)CSC1=NN=C(c2cc(-c3ccoc3)cc(-c3ccc4ccccc4c3)c2)C1. The van der Waals surface area contributed by atoms with Gasteiger partial charge in [0.15, 0.2) is 0 Å². The van der Waals surface area contributed by atoms with Crippen LogP contribution in [0.4, 0.5) is 0 Å². The predicted octanol–water partition coefficient (Wildman–Crippen LogP) is 6.60. The molecule has 31 heavy (non-hydrogen) atoms. The van der Waals surface area contributed by atoms with E-state index in [1.165, 1.54) is 22.5 Å². The summed E-state index contributed by atoms with van der Waals surface area (Å²) >= 11 is 1.47. The van der Waals surface area contributed by atoms with Crippen molar-refractivity contribution in [1.29, 1.82) is 0 Å². The van der Waals surface area contributed by atoms with E-state index in [0.717, 1.165) is 38.6 Å². The molecule has 0 unspecified atom stereocenters. The number of ketones is 1. The zero-order chi connectivity index (χ0) is 21.2. The molecule has 3 aromatic carbocycles. The van der Waals surface area contributed by atoms with E-state index >= 15 is 0 Å². The number of carbonyl (C=O) groups is 1. The molecule has 0 amide bonds. The van der Waals surface area contributed by atoms with Crippen LogP contribution in [0.3, 0.4) is 0 Å². The largest absolute Gasteiger partial charge is 0.472 e. The molecule has 1 aliphatic heterocycles. The van der Waals surface area contributed by atoms with Crippen LogP contribution in [0, 0.1) is 0 Å². The van der Waals surface area contributed by atoms with Crippen LogP contribution in [0.2, 0.25) is 0 Å². The van der Waals surface area contributed by atoms with Crippen LogP contribution in [0.25, 0.3) is 33.0 Å². The van der Waals surface area contributed by atoms with E-state index in [1.807, 2.05) is 6.07 Å². The highest BCUT2D eigenvalue weighted by molar-refractivity contribution is 8.14. The lowest BCUT2D eigenvalue weighted by Crippen LogP contribution is -2.04. The summed E-state index contributed by atoms with van der Waals surface area (Å²) in [6.45, 7) is 1.59. The highest BCUT2D eigenvalue weighted by Crippen LogP contribution is 2.32. The molecule has 0 bridgehead atoms. The quantitative estimate of drug-likeness (QED) is 0.363. The average Bonchev–Trinajstić information content (AvgIpc) is 3.49. The number of carbonyl (C=O) groups excluding carboxylic acids is 1. The number of furan rings is 1. The van der Waals surface area contributed by atoms with Crippen LogP contribution in [0.15, 0.2) is 93.9 Å². The van der Waals surface area contributed by atoms with Crippen molar-refractivity contribution < 1.29 is 9.21 Å². The van der Waals surface area contributed by atoms with Gasteiger partial charge in [-0.1, -0.05) is 36.4 Å². The molecule has 0 fully saturated rings. The molecule has 152 valence electrons. The Hall–Kier alpha value is -3.44. The number of Topliss-reactive ketones (excluding diaryl/α,β-unsaturated/α-hetero) is 1. The Morgan fingerprint density at radius 1 is 0.871 bits per heavy atom. The summed E-state index contributed by atoms with van der Waals surface area (Å²) in [4.78, 5) is 11.3. The van der Waals surface area contributed by atoms with E-state index in [0.29, 0.717) is 12.2 Å². The van der Waals surface area contributed by atoms with E-state index in [1.54, 1.807) is 19.5 Å². The summed E-state index contributed by atoms with van der Waals surface area (Å²) in [6, 6.07) is 23.3. The van der Waals surface area contributed by atoms with Crippen molar-refractivity contribution in [2.24, 2.45) is 10.2 Å². The fraction of sp³-hybridized carbons (Fsp3) is 0.115. The number of fused-ring (bicyclic) bond motifs is 1. The standard InChI is InChI=1S/C26H20N2O2S/c1-17(29)16-31-26-14-25(27-28-26)24-12-22(11-23(13-24)21-8-9-30-15-21)20-7-6-18-4-2-3-5-19(18)10-20/h2-13,15H,14,16H2,1H3. The van der Waals surface area contributed by atoms with Crippen LogP contribution >= 0.6 is 11.8 Å². The third kappa shape index (κ3) is 4.23. The summed E-state index contributed by atoms with van der Waals surface area (Å²) in [5, 5.41) is 12.0. The zero-order valence-corrected chi connectivity index (χ0v) is 17.9. The Labute approximate surface area is 184 Å². The summed E-state index contributed by atoms with van der Waals surface area (Å²) in [6.07, 6.45) is 4.08. The highest BCUT2D eigenvalue weighted by Gasteiger charge is 2.18. The second kappa shape index (κ2) is 8.36. The zero-order valence-electron chi connectivity index (χ0n) is 17.0. The van der Waals surface area contributed by atoms with Crippen molar-refractivity contribution in [3.8, 4) is 22.3 Å². The van der Waals surface area contributed by atoms with Crippen LogP contribution < -0.4 is 0 Å². The fourth-order valence-electron chi connectivity index (χ4n) is 3.68. The van der Waals surface area contributed by atoms with Gasteiger partial charge in [-0.25, -0.2) is 0 Å². The molecule has 1 aromatic heterocycles. The summed E-state index contributed by atoms with van der Waals surface area (Å²) in [5.74, 6) is 0.570. The van der Waals surface area contributed by atoms with Gasteiger partial charge in [0.05, 0.1) is 24.0 Å². The summed E-state index contributed by atoms with van der Waals surface area (Å²) in [5.41, 5.74) is 6.31. The third-order valence-corrected chi connectivity index (χ3v) is 6.36. The molecule has 0 spiro atoms. The Balaban J connectivity index is 1.53. The maximum Gasteiger partial charge on any atom is 0.140 e. The van der Waals surface area contributed by atoms with E-state index in [9.17, 15) is 4.79 Å². The number of thioether (sulfide) groups is 1. The Kier molecular flexibility index (Phi) is 5.26. The molecule has 0 aliphatic carbocycles. The third-order valence-electron chi connectivity index (χ3n) is 5.25. The van der Waals surface area contributed by atoms with Crippen LogP contribution in [-0.4, -0.2) is 22.3 Å². The molecule has 0 radical (unpaired) electrons. The van der Waals surface area contributed by atoms with Gasteiger partial charge < -0.3 is 4.42 Å². The van der Waals surface area contributed by atoms with E-state index in [4.69, 9.17) is 4.42 Å². The van der Waals surface area contributed by atoms with Gasteiger partial charge in [0.1, 0.15) is 10.8 Å². The molecule has 0 atom stereocenters. The molecule has 5 heteroatoms. The van der Waals surface area contributed by atoms with E-state index < -0.39 is 0 Å².